The molecular formula is C12H19N3O4S. The summed E-state index contributed by atoms with van der Waals surface area (Å²) in [6.07, 6.45) is 1.20. The minimum absolute atomic E-state index is 0.0140. The minimum Gasteiger partial charge on any atom is -0.385 e. The first-order chi connectivity index (χ1) is 9.34. The SMILES string of the molecule is COCCCC(N)C(=O)Nc1ccc(S(N)(=O)=O)cc1. The molecule has 0 heterocycles. The normalized spacial score (nSPS) is 12.9. The third-order valence-electron chi connectivity index (χ3n) is 2.65. The average Bonchev–Trinajstić information content (AvgIpc) is 2.38. The Hall–Kier alpha value is -1.48. The van der Waals surface area contributed by atoms with Gasteiger partial charge >= 0.3 is 0 Å². The lowest BCUT2D eigenvalue weighted by molar-refractivity contribution is -0.117. The maximum Gasteiger partial charge on any atom is 0.241 e. The monoisotopic (exact) mass is 301 g/mol. The Labute approximate surface area is 118 Å². The number of primary sulfonamides is 1. The van der Waals surface area contributed by atoms with Crippen LogP contribution in [-0.4, -0.2) is 34.1 Å². The lowest BCUT2D eigenvalue weighted by Gasteiger charge is -2.12. The molecule has 0 saturated carbocycles. The summed E-state index contributed by atoms with van der Waals surface area (Å²) in [5, 5.41) is 7.58. The summed E-state index contributed by atoms with van der Waals surface area (Å²) in [7, 11) is -2.15. The first-order valence-electron chi connectivity index (χ1n) is 6.03. The number of carbonyl (C=O) groups is 1. The van der Waals surface area contributed by atoms with E-state index in [4.69, 9.17) is 15.6 Å². The molecule has 0 aliphatic rings. The van der Waals surface area contributed by atoms with Gasteiger partial charge in [0.1, 0.15) is 0 Å². The number of ether oxygens (including phenoxy) is 1. The summed E-state index contributed by atoms with van der Waals surface area (Å²) in [6.45, 7) is 0.546. The standard InChI is InChI=1S/C12H19N3O4S/c1-19-8-2-3-11(13)12(16)15-9-4-6-10(7-5-9)20(14,17)18/h4-7,11H,2-3,8,13H2,1H3,(H,15,16)(H2,14,17,18). The highest BCUT2D eigenvalue weighted by molar-refractivity contribution is 7.89. The van der Waals surface area contributed by atoms with Gasteiger partial charge in [0.2, 0.25) is 15.9 Å². The molecule has 0 bridgehead atoms. The fraction of sp³-hybridized carbons (Fsp3) is 0.417. The van der Waals surface area contributed by atoms with E-state index in [2.05, 4.69) is 5.32 Å². The second-order valence-corrected chi connectivity index (χ2v) is 5.86. The molecule has 0 radical (unpaired) electrons. The third kappa shape index (κ3) is 5.25. The molecule has 20 heavy (non-hydrogen) atoms. The smallest absolute Gasteiger partial charge is 0.241 e. The predicted octanol–water partition coefficient (Wildman–Crippen LogP) is 0.0264. The quantitative estimate of drug-likeness (QED) is 0.613. The van der Waals surface area contributed by atoms with E-state index in [1.807, 2.05) is 0 Å². The zero-order chi connectivity index (χ0) is 15.2. The van der Waals surface area contributed by atoms with E-state index in [0.717, 1.165) is 0 Å². The topological polar surface area (TPSA) is 125 Å². The fourth-order valence-electron chi connectivity index (χ4n) is 1.54. The van der Waals surface area contributed by atoms with Crippen LogP contribution in [0.3, 0.4) is 0 Å². The number of nitrogens with two attached hydrogens (primary N) is 2. The van der Waals surface area contributed by atoms with Gasteiger partial charge < -0.3 is 15.8 Å². The van der Waals surface area contributed by atoms with Crippen molar-refractivity contribution in [1.29, 1.82) is 0 Å². The van der Waals surface area contributed by atoms with Crippen LogP contribution in [0, 0.1) is 0 Å². The van der Waals surface area contributed by atoms with Crippen LogP contribution >= 0.6 is 0 Å². The van der Waals surface area contributed by atoms with Gasteiger partial charge in [0.05, 0.1) is 10.9 Å². The molecule has 1 aromatic rings. The summed E-state index contributed by atoms with van der Waals surface area (Å²) in [6, 6.07) is 4.92. The Bertz CT molecular complexity index is 542. The number of benzene rings is 1. The van der Waals surface area contributed by atoms with Gasteiger partial charge in [-0.15, -0.1) is 0 Å². The molecular weight excluding hydrogens is 282 g/mol. The Kier molecular flexibility index (Phi) is 6.08. The van der Waals surface area contributed by atoms with Crippen LogP contribution < -0.4 is 16.2 Å². The van der Waals surface area contributed by atoms with Crippen molar-refractivity contribution in [3.63, 3.8) is 0 Å². The first-order valence-corrected chi connectivity index (χ1v) is 7.57. The number of amides is 1. The van der Waals surface area contributed by atoms with Crippen LogP contribution in [0.5, 0.6) is 0 Å². The van der Waals surface area contributed by atoms with Gasteiger partial charge in [0, 0.05) is 19.4 Å². The van der Waals surface area contributed by atoms with E-state index in [1.165, 1.54) is 24.3 Å². The molecule has 1 unspecified atom stereocenters. The van der Waals surface area contributed by atoms with Crippen molar-refractivity contribution >= 4 is 21.6 Å². The van der Waals surface area contributed by atoms with E-state index in [1.54, 1.807) is 7.11 Å². The van der Waals surface area contributed by atoms with Crippen LogP contribution in [0.4, 0.5) is 5.69 Å². The van der Waals surface area contributed by atoms with E-state index in [0.29, 0.717) is 25.1 Å². The summed E-state index contributed by atoms with van der Waals surface area (Å²) in [5.74, 6) is -0.329. The highest BCUT2D eigenvalue weighted by Crippen LogP contribution is 2.13. The molecule has 0 aliphatic heterocycles. The molecule has 1 atom stereocenters. The molecule has 0 aromatic heterocycles. The number of sulfonamides is 1. The maximum atomic E-state index is 11.8. The summed E-state index contributed by atoms with van der Waals surface area (Å²) in [5.41, 5.74) is 6.18. The molecule has 8 heteroatoms. The Morgan fingerprint density at radius 1 is 1.35 bits per heavy atom. The molecule has 7 nitrogen and oxygen atoms in total. The molecule has 0 fully saturated rings. The van der Waals surface area contributed by atoms with Crippen LogP contribution in [0.2, 0.25) is 0 Å². The van der Waals surface area contributed by atoms with Crippen molar-refractivity contribution in [2.45, 2.75) is 23.8 Å². The van der Waals surface area contributed by atoms with Gasteiger partial charge in [-0.3, -0.25) is 4.79 Å². The highest BCUT2D eigenvalue weighted by atomic mass is 32.2. The van der Waals surface area contributed by atoms with Gasteiger partial charge in [0.25, 0.3) is 0 Å². The van der Waals surface area contributed by atoms with Crippen molar-refractivity contribution in [3.05, 3.63) is 24.3 Å². The van der Waals surface area contributed by atoms with Crippen LogP contribution in [0.1, 0.15) is 12.8 Å². The summed E-state index contributed by atoms with van der Waals surface area (Å²) < 4.78 is 27.0. The highest BCUT2D eigenvalue weighted by Gasteiger charge is 2.13. The van der Waals surface area contributed by atoms with Crippen molar-refractivity contribution in [1.82, 2.24) is 0 Å². The minimum atomic E-state index is -3.73. The molecule has 112 valence electrons. The molecule has 1 amide bonds. The molecule has 0 aliphatic carbocycles. The number of rotatable bonds is 7. The van der Waals surface area contributed by atoms with E-state index in [-0.39, 0.29) is 10.8 Å². The van der Waals surface area contributed by atoms with Crippen LogP contribution in [-0.2, 0) is 19.6 Å². The summed E-state index contributed by atoms with van der Waals surface area (Å²) >= 11 is 0. The van der Waals surface area contributed by atoms with E-state index < -0.39 is 16.1 Å². The lowest BCUT2D eigenvalue weighted by atomic mass is 10.1. The van der Waals surface area contributed by atoms with E-state index in [9.17, 15) is 13.2 Å². The first kappa shape index (κ1) is 16.6. The van der Waals surface area contributed by atoms with Gasteiger partial charge in [0.15, 0.2) is 0 Å². The predicted molar refractivity (Wildman–Crippen MR) is 75.5 cm³/mol. The van der Waals surface area contributed by atoms with Crippen LogP contribution in [0.15, 0.2) is 29.2 Å². The fourth-order valence-corrected chi connectivity index (χ4v) is 2.06. The second kappa shape index (κ2) is 7.34. The van der Waals surface area contributed by atoms with Crippen molar-refractivity contribution in [2.75, 3.05) is 19.0 Å². The van der Waals surface area contributed by atoms with Gasteiger partial charge in [-0.2, -0.15) is 0 Å². The van der Waals surface area contributed by atoms with E-state index >= 15 is 0 Å². The number of carbonyl (C=O) groups excluding carboxylic acids is 1. The number of anilines is 1. The Morgan fingerprint density at radius 2 is 1.95 bits per heavy atom. The zero-order valence-electron chi connectivity index (χ0n) is 11.2. The van der Waals surface area contributed by atoms with Crippen LogP contribution in [0.25, 0.3) is 0 Å². The molecule has 0 spiro atoms. The largest absolute Gasteiger partial charge is 0.385 e. The molecule has 1 rings (SSSR count). The van der Waals surface area contributed by atoms with Crippen molar-refractivity contribution < 1.29 is 17.9 Å². The Balaban J connectivity index is 2.58. The number of nitrogens with one attached hydrogen (secondary N) is 1. The molecule has 1 aromatic carbocycles. The Morgan fingerprint density at radius 3 is 2.45 bits per heavy atom. The number of hydrogen-bond acceptors (Lipinski definition) is 5. The maximum absolute atomic E-state index is 11.8. The average molecular weight is 301 g/mol. The number of methoxy groups -OCH3 is 1. The lowest BCUT2D eigenvalue weighted by Crippen LogP contribution is -2.35. The zero-order valence-corrected chi connectivity index (χ0v) is 12.0. The number of hydrogen-bond donors (Lipinski definition) is 3. The molecule has 5 N–H and O–H groups in total. The van der Waals surface area contributed by atoms with Crippen molar-refractivity contribution in [2.24, 2.45) is 10.9 Å². The van der Waals surface area contributed by atoms with Gasteiger partial charge in [-0.25, -0.2) is 13.6 Å². The second-order valence-electron chi connectivity index (χ2n) is 4.30. The summed E-state index contributed by atoms with van der Waals surface area (Å²) in [4.78, 5) is 11.8. The van der Waals surface area contributed by atoms with Crippen molar-refractivity contribution in [3.8, 4) is 0 Å². The van der Waals surface area contributed by atoms with Gasteiger partial charge in [-0.1, -0.05) is 0 Å². The molecule has 0 saturated heterocycles. The third-order valence-corrected chi connectivity index (χ3v) is 3.58. The van der Waals surface area contributed by atoms with Gasteiger partial charge in [-0.05, 0) is 37.1 Å².